The largest absolute Gasteiger partial charge is 0.264 e. The first-order valence-electron chi connectivity index (χ1n) is 7.11. The molecule has 1 atom stereocenters. The first-order chi connectivity index (χ1) is 9.74. The van der Waals surface area contributed by atoms with Crippen LogP contribution in [0.2, 0.25) is 10.0 Å². The zero-order valence-electron chi connectivity index (χ0n) is 11.3. The maximum absolute atomic E-state index is 6.25. The number of halogens is 2. The van der Waals surface area contributed by atoms with Crippen molar-refractivity contribution in [2.75, 3.05) is 0 Å². The molecule has 0 saturated heterocycles. The first kappa shape index (κ1) is 13.9. The van der Waals surface area contributed by atoms with Gasteiger partial charge in [0, 0.05) is 22.4 Å². The van der Waals surface area contributed by atoms with Gasteiger partial charge < -0.3 is 0 Å². The van der Waals surface area contributed by atoms with Crippen LogP contribution in [0.1, 0.15) is 41.9 Å². The number of rotatable bonds is 3. The second-order valence-corrected chi connectivity index (χ2v) is 6.28. The molecular weight excluding hydrogens is 289 g/mol. The SMILES string of the molecule is Clc1ccc(CCC2CCCc3cnccc32)c(Cl)c1. The van der Waals surface area contributed by atoms with Gasteiger partial charge in [0.15, 0.2) is 0 Å². The van der Waals surface area contributed by atoms with E-state index in [1.807, 2.05) is 30.6 Å². The molecular formula is C17H17Cl2N. The molecule has 2 aromatic rings. The van der Waals surface area contributed by atoms with Crippen LogP contribution in [0.5, 0.6) is 0 Å². The fourth-order valence-electron chi connectivity index (χ4n) is 3.09. The number of benzene rings is 1. The van der Waals surface area contributed by atoms with E-state index in [1.54, 1.807) is 0 Å². The Labute approximate surface area is 129 Å². The van der Waals surface area contributed by atoms with Gasteiger partial charge >= 0.3 is 0 Å². The van der Waals surface area contributed by atoms with Crippen LogP contribution >= 0.6 is 23.2 Å². The van der Waals surface area contributed by atoms with Crippen molar-refractivity contribution >= 4 is 23.2 Å². The predicted octanol–water partition coefficient (Wildman–Crippen LogP) is 5.44. The molecule has 1 aliphatic rings. The molecule has 0 radical (unpaired) electrons. The van der Waals surface area contributed by atoms with Gasteiger partial charge in [-0.25, -0.2) is 0 Å². The van der Waals surface area contributed by atoms with E-state index in [0.29, 0.717) is 10.9 Å². The molecule has 0 amide bonds. The van der Waals surface area contributed by atoms with Gasteiger partial charge in [-0.2, -0.15) is 0 Å². The number of aromatic nitrogens is 1. The normalized spacial score (nSPS) is 17.8. The molecule has 104 valence electrons. The molecule has 0 aliphatic heterocycles. The minimum absolute atomic E-state index is 0.633. The van der Waals surface area contributed by atoms with E-state index in [-0.39, 0.29) is 0 Å². The highest BCUT2D eigenvalue weighted by Crippen LogP contribution is 2.35. The van der Waals surface area contributed by atoms with Crippen molar-refractivity contribution in [2.45, 2.75) is 38.0 Å². The molecule has 0 saturated carbocycles. The van der Waals surface area contributed by atoms with Crippen LogP contribution < -0.4 is 0 Å². The standard InChI is InChI=1S/C17H17Cl2N/c18-15-7-6-13(17(19)10-15)5-4-12-2-1-3-14-11-20-9-8-16(12)14/h6-12H,1-5H2. The lowest BCUT2D eigenvalue weighted by molar-refractivity contribution is 0.519. The van der Waals surface area contributed by atoms with Crippen molar-refractivity contribution in [1.29, 1.82) is 0 Å². The summed E-state index contributed by atoms with van der Waals surface area (Å²) in [6.07, 6.45) is 9.77. The maximum atomic E-state index is 6.25. The Balaban J connectivity index is 1.73. The average Bonchev–Trinajstić information content (AvgIpc) is 2.46. The fraction of sp³-hybridized carbons (Fsp3) is 0.353. The van der Waals surface area contributed by atoms with Crippen molar-refractivity contribution < 1.29 is 0 Å². The van der Waals surface area contributed by atoms with Gasteiger partial charge in [0.2, 0.25) is 0 Å². The molecule has 0 spiro atoms. The fourth-order valence-corrected chi connectivity index (χ4v) is 3.60. The van der Waals surface area contributed by atoms with Crippen molar-refractivity contribution in [3.8, 4) is 0 Å². The van der Waals surface area contributed by atoms with Crippen molar-refractivity contribution in [3.05, 3.63) is 63.4 Å². The Bertz CT molecular complexity index is 610. The summed E-state index contributed by atoms with van der Waals surface area (Å²) in [7, 11) is 0. The van der Waals surface area contributed by atoms with Crippen LogP contribution in [0.25, 0.3) is 0 Å². The van der Waals surface area contributed by atoms with E-state index in [0.717, 1.165) is 17.9 Å². The summed E-state index contributed by atoms with van der Waals surface area (Å²) in [4.78, 5) is 4.24. The van der Waals surface area contributed by atoms with E-state index in [1.165, 1.54) is 36.0 Å². The molecule has 1 heterocycles. The number of hydrogen-bond donors (Lipinski definition) is 0. The second kappa shape index (κ2) is 6.15. The van der Waals surface area contributed by atoms with Gasteiger partial charge in [0.25, 0.3) is 0 Å². The summed E-state index contributed by atoms with van der Waals surface area (Å²) < 4.78 is 0. The van der Waals surface area contributed by atoms with Gasteiger partial charge in [-0.05, 0) is 72.9 Å². The van der Waals surface area contributed by atoms with Crippen molar-refractivity contribution in [1.82, 2.24) is 4.98 Å². The zero-order chi connectivity index (χ0) is 13.9. The number of pyridine rings is 1. The Morgan fingerprint density at radius 3 is 2.95 bits per heavy atom. The molecule has 1 aromatic heterocycles. The molecule has 1 nitrogen and oxygen atoms in total. The second-order valence-electron chi connectivity index (χ2n) is 5.44. The Hall–Kier alpha value is -1.05. The van der Waals surface area contributed by atoms with E-state index in [2.05, 4.69) is 11.1 Å². The quantitative estimate of drug-likeness (QED) is 0.735. The summed E-state index contributed by atoms with van der Waals surface area (Å²) in [5, 5.41) is 1.48. The van der Waals surface area contributed by atoms with Gasteiger partial charge in [0.05, 0.1) is 0 Å². The van der Waals surface area contributed by atoms with Crippen molar-refractivity contribution in [2.24, 2.45) is 0 Å². The number of fused-ring (bicyclic) bond motifs is 1. The summed E-state index contributed by atoms with van der Waals surface area (Å²) >= 11 is 12.2. The zero-order valence-corrected chi connectivity index (χ0v) is 12.8. The molecule has 0 fully saturated rings. The summed E-state index contributed by atoms with van der Waals surface area (Å²) in [6, 6.07) is 7.97. The highest BCUT2D eigenvalue weighted by atomic mass is 35.5. The Kier molecular flexibility index (Phi) is 4.28. The maximum Gasteiger partial charge on any atom is 0.0452 e. The topological polar surface area (TPSA) is 12.9 Å². The number of aryl methyl sites for hydroxylation is 2. The third-order valence-electron chi connectivity index (χ3n) is 4.16. The lowest BCUT2D eigenvalue weighted by Crippen LogP contribution is -2.11. The van der Waals surface area contributed by atoms with E-state index < -0.39 is 0 Å². The van der Waals surface area contributed by atoms with Crippen molar-refractivity contribution in [3.63, 3.8) is 0 Å². The molecule has 1 aliphatic carbocycles. The molecule has 0 N–H and O–H groups in total. The Morgan fingerprint density at radius 2 is 2.10 bits per heavy atom. The van der Waals surface area contributed by atoms with Crippen LogP contribution in [-0.4, -0.2) is 4.98 Å². The van der Waals surface area contributed by atoms with Gasteiger partial charge in [-0.15, -0.1) is 0 Å². The predicted molar refractivity (Wildman–Crippen MR) is 84.7 cm³/mol. The molecule has 3 heteroatoms. The lowest BCUT2D eigenvalue weighted by Gasteiger charge is -2.25. The molecule has 20 heavy (non-hydrogen) atoms. The molecule has 1 unspecified atom stereocenters. The minimum atomic E-state index is 0.633. The summed E-state index contributed by atoms with van der Waals surface area (Å²) in [6.45, 7) is 0. The number of hydrogen-bond acceptors (Lipinski definition) is 1. The van der Waals surface area contributed by atoms with Crippen LogP contribution in [0.15, 0.2) is 36.7 Å². The van der Waals surface area contributed by atoms with Gasteiger partial charge in [0.1, 0.15) is 0 Å². The minimum Gasteiger partial charge on any atom is -0.264 e. The summed E-state index contributed by atoms with van der Waals surface area (Å²) in [5.41, 5.74) is 4.10. The smallest absolute Gasteiger partial charge is 0.0452 e. The molecule has 0 bridgehead atoms. The van der Waals surface area contributed by atoms with Gasteiger partial charge in [-0.3, -0.25) is 4.98 Å². The van der Waals surface area contributed by atoms with Crippen LogP contribution in [0.4, 0.5) is 0 Å². The highest BCUT2D eigenvalue weighted by molar-refractivity contribution is 6.35. The van der Waals surface area contributed by atoms with Crippen LogP contribution in [0, 0.1) is 0 Å². The monoisotopic (exact) mass is 305 g/mol. The van der Waals surface area contributed by atoms with E-state index >= 15 is 0 Å². The summed E-state index contributed by atoms with van der Waals surface area (Å²) in [5.74, 6) is 0.633. The third kappa shape index (κ3) is 2.99. The molecule has 1 aromatic carbocycles. The third-order valence-corrected chi connectivity index (χ3v) is 4.74. The van der Waals surface area contributed by atoms with Crippen LogP contribution in [-0.2, 0) is 12.8 Å². The van der Waals surface area contributed by atoms with E-state index in [4.69, 9.17) is 23.2 Å². The van der Waals surface area contributed by atoms with Gasteiger partial charge in [-0.1, -0.05) is 29.3 Å². The first-order valence-corrected chi connectivity index (χ1v) is 7.86. The highest BCUT2D eigenvalue weighted by Gasteiger charge is 2.20. The van der Waals surface area contributed by atoms with E-state index in [9.17, 15) is 0 Å². The molecule has 3 rings (SSSR count). The Morgan fingerprint density at radius 1 is 1.20 bits per heavy atom. The van der Waals surface area contributed by atoms with Crippen LogP contribution in [0.3, 0.4) is 0 Å². The number of nitrogens with zero attached hydrogens (tertiary/aromatic N) is 1. The lowest BCUT2D eigenvalue weighted by atomic mass is 9.81. The average molecular weight is 306 g/mol.